The van der Waals surface area contributed by atoms with Crippen LogP contribution >= 0.6 is 11.6 Å². The smallest absolute Gasteiger partial charge is 0.319 e. The third-order valence-corrected chi connectivity index (χ3v) is 4.09. The largest absolute Gasteiger partial charge is 0.331 e. The van der Waals surface area contributed by atoms with E-state index in [1.54, 1.807) is 0 Å². The van der Waals surface area contributed by atoms with Crippen LogP contribution in [-0.2, 0) is 6.42 Å². The number of nitrogens with one attached hydrogen (secondary N) is 2. The SMILES string of the molecule is O=C(Nc1ccc(Cl)cc1F)NC1CCCc2ccccc21. The summed E-state index contributed by atoms with van der Waals surface area (Å²) in [4.78, 5) is 12.1. The summed E-state index contributed by atoms with van der Waals surface area (Å²) >= 11 is 5.70. The van der Waals surface area contributed by atoms with Gasteiger partial charge in [0, 0.05) is 5.02 Å². The first-order valence-electron chi connectivity index (χ1n) is 7.24. The lowest BCUT2D eigenvalue weighted by Gasteiger charge is -2.26. The Morgan fingerprint density at radius 1 is 1.23 bits per heavy atom. The van der Waals surface area contributed by atoms with Gasteiger partial charge in [-0.3, -0.25) is 0 Å². The molecular formula is C17H16ClFN2O. The van der Waals surface area contributed by atoms with Crippen LogP contribution in [0, 0.1) is 5.82 Å². The maximum atomic E-state index is 13.7. The molecular weight excluding hydrogens is 303 g/mol. The highest BCUT2D eigenvalue weighted by Gasteiger charge is 2.21. The molecule has 0 fully saturated rings. The Kier molecular flexibility index (Phi) is 4.29. The molecule has 2 aromatic carbocycles. The van der Waals surface area contributed by atoms with E-state index in [1.165, 1.54) is 23.8 Å². The average Bonchev–Trinajstić information content (AvgIpc) is 2.50. The van der Waals surface area contributed by atoms with E-state index in [0.29, 0.717) is 5.02 Å². The molecule has 3 rings (SSSR count). The molecule has 2 N–H and O–H groups in total. The van der Waals surface area contributed by atoms with Crippen LogP contribution in [0.1, 0.15) is 30.0 Å². The van der Waals surface area contributed by atoms with Crippen LogP contribution in [0.3, 0.4) is 0 Å². The van der Waals surface area contributed by atoms with Gasteiger partial charge in [0.15, 0.2) is 0 Å². The zero-order valence-corrected chi connectivity index (χ0v) is 12.7. The van der Waals surface area contributed by atoms with E-state index >= 15 is 0 Å². The number of anilines is 1. The topological polar surface area (TPSA) is 41.1 Å². The molecule has 2 aromatic rings. The van der Waals surface area contributed by atoms with Crippen LogP contribution in [0.4, 0.5) is 14.9 Å². The van der Waals surface area contributed by atoms with Gasteiger partial charge in [0.2, 0.25) is 0 Å². The molecule has 0 bridgehead atoms. The van der Waals surface area contributed by atoms with Crippen LogP contribution < -0.4 is 10.6 Å². The molecule has 22 heavy (non-hydrogen) atoms. The Morgan fingerprint density at radius 2 is 2.05 bits per heavy atom. The van der Waals surface area contributed by atoms with Crippen molar-refractivity contribution >= 4 is 23.3 Å². The number of amides is 2. The molecule has 1 atom stereocenters. The quantitative estimate of drug-likeness (QED) is 0.829. The van der Waals surface area contributed by atoms with Crippen molar-refractivity contribution in [2.45, 2.75) is 25.3 Å². The van der Waals surface area contributed by atoms with Crippen molar-refractivity contribution in [1.29, 1.82) is 0 Å². The molecule has 0 aliphatic heterocycles. The number of fused-ring (bicyclic) bond motifs is 1. The molecule has 0 saturated heterocycles. The highest BCUT2D eigenvalue weighted by molar-refractivity contribution is 6.30. The second-order valence-electron chi connectivity index (χ2n) is 5.37. The Morgan fingerprint density at radius 3 is 2.86 bits per heavy atom. The van der Waals surface area contributed by atoms with Crippen molar-refractivity contribution in [3.63, 3.8) is 0 Å². The maximum Gasteiger partial charge on any atom is 0.319 e. The van der Waals surface area contributed by atoms with Gasteiger partial charge in [0.1, 0.15) is 5.82 Å². The fourth-order valence-corrected chi connectivity index (χ4v) is 2.97. The fourth-order valence-electron chi connectivity index (χ4n) is 2.81. The number of halogens is 2. The molecule has 0 spiro atoms. The zero-order valence-electron chi connectivity index (χ0n) is 11.9. The van der Waals surface area contributed by atoms with Crippen LogP contribution in [0.25, 0.3) is 0 Å². The maximum absolute atomic E-state index is 13.7. The minimum Gasteiger partial charge on any atom is -0.331 e. The minimum absolute atomic E-state index is 0.0414. The van der Waals surface area contributed by atoms with E-state index in [-0.39, 0.29) is 11.7 Å². The zero-order chi connectivity index (χ0) is 15.5. The first-order chi connectivity index (χ1) is 10.6. The Hall–Kier alpha value is -2.07. The predicted molar refractivity (Wildman–Crippen MR) is 85.7 cm³/mol. The first-order valence-corrected chi connectivity index (χ1v) is 7.61. The predicted octanol–water partition coefficient (Wildman–Crippen LogP) is 4.68. The molecule has 0 aromatic heterocycles. The molecule has 1 aliphatic rings. The van der Waals surface area contributed by atoms with Gasteiger partial charge < -0.3 is 10.6 Å². The summed E-state index contributed by atoms with van der Waals surface area (Å²) in [5.41, 5.74) is 2.52. The van der Waals surface area contributed by atoms with Gasteiger partial charge >= 0.3 is 6.03 Å². The minimum atomic E-state index is -0.549. The van der Waals surface area contributed by atoms with E-state index in [1.807, 2.05) is 18.2 Å². The number of hydrogen-bond acceptors (Lipinski definition) is 1. The van der Waals surface area contributed by atoms with E-state index in [4.69, 9.17) is 11.6 Å². The van der Waals surface area contributed by atoms with Crippen LogP contribution in [0.5, 0.6) is 0 Å². The number of aryl methyl sites for hydroxylation is 1. The van der Waals surface area contributed by atoms with E-state index in [9.17, 15) is 9.18 Å². The summed E-state index contributed by atoms with van der Waals surface area (Å²) in [6.45, 7) is 0. The van der Waals surface area contributed by atoms with Gasteiger partial charge in [-0.2, -0.15) is 0 Å². The highest BCUT2D eigenvalue weighted by Crippen LogP contribution is 2.29. The summed E-state index contributed by atoms with van der Waals surface area (Å²) in [7, 11) is 0. The summed E-state index contributed by atoms with van der Waals surface area (Å²) in [5, 5.41) is 5.74. The fraction of sp³-hybridized carbons (Fsp3) is 0.235. The summed E-state index contributed by atoms with van der Waals surface area (Å²) in [5.74, 6) is -0.549. The number of rotatable bonds is 2. The summed E-state index contributed by atoms with van der Waals surface area (Å²) in [6.07, 6.45) is 2.94. The monoisotopic (exact) mass is 318 g/mol. The lowest BCUT2D eigenvalue weighted by atomic mass is 9.88. The van der Waals surface area contributed by atoms with Crippen molar-refractivity contribution in [2.24, 2.45) is 0 Å². The molecule has 114 valence electrons. The number of benzene rings is 2. The standard InChI is InChI=1S/C17H16ClFN2O/c18-12-8-9-16(14(19)10-12)21-17(22)20-15-7-3-5-11-4-1-2-6-13(11)15/h1-2,4,6,8-10,15H,3,5,7H2,(H2,20,21,22). The lowest BCUT2D eigenvalue weighted by Crippen LogP contribution is -2.34. The molecule has 5 heteroatoms. The molecule has 0 saturated carbocycles. The van der Waals surface area contributed by atoms with Crippen LogP contribution in [0.15, 0.2) is 42.5 Å². The van der Waals surface area contributed by atoms with Crippen molar-refractivity contribution in [2.75, 3.05) is 5.32 Å². The molecule has 1 aliphatic carbocycles. The first kappa shape index (κ1) is 14.9. The second-order valence-corrected chi connectivity index (χ2v) is 5.80. The number of carbonyl (C=O) groups is 1. The van der Waals surface area contributed by atoms with Gasteiger partial charge in [0.05, 0.1) is 11.7 Å². The van der Waals surface area contributed by atoms with Crippen molar-refractivity contribution in [3.05, 3.63) is 64.4 Å². The van der Waals surface area contributed by atoms with Crippen LogP contribution in [0.2, 0.25) is 5.02 Å². The number of urea groups is 1. The van der Waals surface area contributed by atoms with E-state index < -0.39 is 11.8 Å². The lowest BCUT2D eigenvalue weighted by molar-refractivity contribution is 0.247. The van der Waals surface area contributed by atoms with Gasteiger partial charge in [-0.05, 0) is 48.6 Å². The van der Waals surface area contributed by atoms with Crippen molar-refractivity contribution in [1.82, 2.24) is 5.32 Å². The Bertz CT molecular complexity index is 705. The Balaban J connectivity index is 1.70. The summed E-state index contributed by atoms with van der Waals surface area (Å²) in [6, 6.07) is 11.8. The highest BCUT2D eigenvalue weighted by atomic mass is 35.5. The molecule has 0 heterocycles. The van der Waals surface area contributed by atoms with Gasteiger partial charge in [-0.15, -0.1) is 0 Å². The summed E-state index contributed by atoms with van der Waals surface area (Å²) < 4.78 is 13.7. The number of carbonyl (C=O) groups excluding carboxylic acids is 1. The van der Waals surface area contributed by atoms with Gasteiger partial charge in [-0.1, -0.05) is 35.9 Å². The third kappa shape index (κ3) is 3.22. The average molecular weight is 319 g/mol. The number of hydrogen-bond donors (Lipinski definition) is 2. The normalized spacial score (nSPS) is 16.7. The molecule has 0 radical (unpaired) electrons. The Labute approximate surface area is 133 Å². The van der Waals surface area contributed by atoms with Gasteiger partial charge in [-0.25, -0.2) is 9.18 Å². The molecule has 1 unspecified atom stereocenters. The van der Waals surface area contributed by atoms with Crippen LogP contribution in [-0.4, -0.2) is 6.03 Å². The van der Waals surface area contributed by atoms with E-state index in [0.717, 1.165) is 24.8 Å². The van der Waals surface area contributed by atoms with Crippen molar-refractivity contribution in [3.8, 4) is 0 Å². The molecule has 3 nitrogen and oxygen atoms in total. The van der Waals surface area contributed by atoms with Gasteiger partial charge in [0.25, 0.3) is 0 Å². The second kappa shape index (κ2) is 6.36. The molecule has 2 amide bonds. The van der Waals surface area contributed by atoms with Crippen molar-refractivity contribution < 1.29 is 9.18 Å². The van der Waals surface area contributed by atoms with E-state index in [2.05, 4.69) is 16.7 Å². The third-order valence-electron chi connectivity index (χ3n) is 3.85.